The van der Waals surface area contributed by atoms with Crippen LogP contribution < -0.4 is 16.0 Å². The Bertz CT molecular complexity index is 1230. The number of para-hydroxylation sites is 1. The van der Waals surface area contributed by atoms with Gasteiger partial charge in [-0.15, -0.1) is 11.6 Å². The predicted octanol–water partition coefficient (Wildman–Crippen LogP) is 5.19. The van der Waals surface area contributed by atoms with E-state index in [1.807, 2.05) is 0 Å². The van der Waals surface area contributed by atoms with Gasteiger partial charge >= 0.3 is 24.3 Å². The van der Waals surface area contributed by atoms with Gasteiger partial charge in [-0.25, -0.2) is 14.4 Å². The summed E-state index contributed by atoms with van der Waals surface area (Å²) in [6, 6.07) is 9.59. The number of allylic oxidation sites excluding steroid dienone is 3. The van der Waals surface area contributed by atoms with Crippen molar-refractivity contribution in [2.75, 3.05) is 12.4 Å². The lowest BCUT2D eigenvalue weighted by atomic mass is 9.88. The average Bonchev–Trinajstić information content (AvgIpc) is 2.80. The molecule has 1 atom stereocenters. The van der Waals surface area contributed by atoms with Crippen molar-refractivity contribution in [3.63, 3.8) is 0 Å². The Labute approximate surface area is 202 Å². The van der Waals surface area contributed by atoms with Crippen molar-refractivity contribution in [3.8, 4) is 0 Å². The van der Waals surface area contributed by atoms with Crippen LogP contribution in [0.5, 0.6) is 0 Å². The number of carbonyl (C=O) groups is 3. The van der Waals surface area contributed by atoms with Crippen LogP contribution in [0.2, 0.25) is 0 Å². The van der Waals surface area contributed by atoms with Crippen molar-refractivity contribution in [1.82, 2.24) is 10.6 Å². The molecule has 0 aromatic heterocycles. The van der Waals surface area contributed by atoms with E-state index < -0.39 is 40.4 Å². The number of alkyl halides is 4. The Morgan fingerprint density at radius 1 is 1.06 bits per heavy atom. The zero-order valence-corrected chi connectivity index (χ0v) is 18.8. The highest BCUT2D eigenvalue weighted by Gasteiger charge is 2.35. The van der Waals surface area contributed by atoms with Gasteiger partial charge in [0.2, 0.25) is 0 Å². The molecule has 12 heteroatoms. The lowest BCUT2D eigenvalue weighted by molar-refractivity contribution is -0.136. The lowest BCUT2D eigenvalue weighted by Gasteiger charge is -2.30. The summed E-state index contributed by atoms with van der Waals surface area (Å²) in [6.45, 7) is 0. The second kappa shape index (κ2) is 10.1. The quantitative estimate of drug-likeness (QED) is 0.327. The third-order valence-electron chi connectivity index (χ3n) is 5.02. The summed E-state index contributed by atoms with van der Waals surface area (Å²) in [4.78, 5) is 34.4. The van der Waals surface area contributed by atoms with E-state index in [0.29, 0.717) is 5.56 Å². The normalized spacial score (nSPS) is 17.5. The molecule has 184 valence electrons. The third kappa shape index (κ3) is 6.12. The van der Waals surface area contributed by atoms with Crippen LogP contribution in [0.4, 0.5) is 28.4 Å². The Morgan fingerprint density at radius 3 is 2.43 bits per heavy atom. The van der Waals surface area contributed by atoms with Crippen molar-refractivity contribution in [2.24, 2.45) is 0 Å². The van der Waals surface area contributed by atoms with E-state index in [4.69, 9.17) is 16.3 Å². The number of hydrogen-bond donors (Lipinski definition) is 4. The van der Waals surface area contributed by atoms with E-state index >= 15 is 0 Å². The number of carbonyl (C=O) groups excluding carboxylic acids is 2. The minimum Gasteiger partial charge on any atom is -0.465 e. The molecule has 0 bridgehead atoms. The Balaban J connectivity index is 1.86. The lowest BCUT2D eigenvalue weighted by Crippen LogP contribution is -2.36. The molecule has 0 fully saturated rings. The van der Waals surface area contributed by atoms with E-state index in [1.54, 1.807) is 12.1 Å². The number of rotatable bonds is 5. The third-order valence-corrected chi connectivity index (χ3v) is 5.50. The summed E-state index contributed by atoms with van der Waals surface area (Å²) in [5.41, 5.74) is -0.880. The molecule has 2 aromatic rings. The molecule has 1 unspecified atom stereocenters. The van der Waals surface area contributed by atoms with Gasteiger partial charge in [0.1, 0.15) is 0 Å². The molecule has 0 spiro atoms. The minimum atomic E-state index is -4.69. The molecule has 0 heterocycles. The average molecular weight is 510 g/mol. The number of methoxy groups -OCH3 is 1. The van der Waals surface area contributed by atoms with Gasteiger partial charge in [0.05, 0.1) is 34.5 Å². The number of carboxylic acid groups (broad SMARTS) is 1. The second-order valence-corrected chi connectivity index (χ2v) is 8.06. The summed E-state index contributed by atoms with van der Waals surface area (Å²) < 4.78 is 44.3. The van der Waals surface area contributed by atoms with Gasteiger partial charge in [-0.05, 0) is 35.9 Å². The topological polar surface area (TPSA) is 117 Å². The van der Waals surface area contributed by atoms with Crippen molar-refractivity contribution < 1.29 is 37.4 Å². The number of hydrogen-bond acceptors (Lipinski definition) is 4. The first-order chi connectivity index (χ1) is 16.4. The fourth-order valence-electron chi connectivity index (χ4n) is 3.42. The van der Waals surface area contributed by atoms with E-state index in [1.165, 1.54) is 43.5 Å². The molecule has 3 amide bonds. The van der Waals surface area contributed by atoms with E-state index in [2.05, 4.69) is 16.0 Å². The van der Waals surface area contributed by atoms with Gasteiger partial charge in [-0.3, -0.25) is 5.32 Å². The van der Waals surface area contributed by atoms with Gasteiger partial charge in [-0.2, -0.15) is 13.2 Å². The molecule has 35 heavy (non-hydrogen) atoms. The highest BCUT2D eigenvalue weighted by Crippen LogP contribution is 2.40. The first-order valence-electron chi connectivity index (χ1n) is 9.97. The van der Waals surface area contributed by atoms with E-state index in [9.17, 15) is 32.7 Å². The van der Waals surface area contributed by atoms with Crippen molar-refractivity contribution in [2.45, 2.75) is 17.5 Å². The highest BCUT2D eigenvalue weighted by atomic mass is 35.5. The molecule has 0 saturated heterocycles. The van der Waals surface area contributed by atoms with Crippen LogP contribution in [0.25, 0.3) is 0 Å². The van der Waals surface area contributed by atoms with Gasteiger partial charge in [0, 0.05) is 12.1 Å². The maximum absolute atomic E-state index is 13.2. The van der Waals surface area contributed by atoms with E-state index in [-0.39, 0.29) is 23.4 Å². The number of halogens is 4. The number of esters is 1. The number of nitrogens with one attached hydrogen (secondary N) is 3. The largest absolute Gasteiger partial charge is 0.465 e. The molecule has 0 radical (unpaired) electrons. The van der Waals surface area contributed by atoms with Crippen LogP contribution in [0.3, 0.4) is 0 Å². The first kappa shape index (κ1) is 25.6. The Morgan fingerprint density at radius 2 is 1.77 bits per heavy atom. The van der Waals surface area contributed by atoms with Gasteiger partial charge in [0.15, 0.2) is 0 Å². The Kier molecular flexibility index (Phi) is 7.39. The summed E-state index contributed by atoms with van der Waals surface area (Å²) in [6.07, 6.45) is -3.50. The monoisotopic (exact) mass is 509 g/mol. The maximum Gasteiger partial charge on any atom is 0.418 e. The number of benzene rings is 2. The van der Waals surface area contributed by atoms with Crippen molar-refractivity contribution >= 4 is 35.4 Å². The zero-order chi connectivity index (χ0) is 25.8. The van der Waals surface area contributed by atoms with Crippen LogP contribution in [0.1, 0.15) is 27.9 Å². The SMILES string of the molecule is COC(=O)c1cccc(C2(Cl)C=CC(NC(=O)Nc3ccccc3C(F)(F)F)=C(NC(=O)O)C2)c1. The molecule has 0 aliphatic heterocycles. The summed E-state index contributed by atoms with van der Waals surface area (Å²) in [5.74, 6) is -0.593. The maximum atomic E-state index is 13.2. The second-order valence-electron chi connectivity index (χ2n) is 7.39. The summed E-state index contributed by atoms with van der Waals surface area (Å²) in [5, 5.41) is 15.9. The molecule has 0 saturated carbocycles. The molecular weight excluding hydrogens is 491 g/mol. The molecule has 2 aromatic carbocycles. The highest BCUT2D eigenvalue weighted by molar-refractivity contribution is 6.25. The van der Waals surface area contributed by atoms with Crippen LogP contribution in [-0.4, -0.2) is 30.3 Å². The molecule has 3 rings (SSSR count). The van der Waals surface area contributed by atoms with Crippen molar-refractivity contribution in [1.29, 1.82) is 0 Å². The van der Waals surface area contributed by atoms with Gasteiger partial charge in [-0.1, -0.05) is 30.3 Å². The van der Waals surface area contributed by atoms with Crippen LogP contribution >= 0.6 is 11.6 Å². The minimum absolute atomic E-state index is 0.0160. The molecule has 8 nitrogen and oxygen atoms in total. The number of ether oxygens (including phenoxy) is 1. The zero-order valence-electron chi connectivity index (χ0n) is 18.1. The van der Waals surface area contributed by atoms with Crippen LogP contribution in [0.15, 0.2) is 72.1 Å². The smallest absolute Gasteiger partial charge is 0.418 e. The first-order valence-corrected chi connectivity index (χ1v) is 10.3. The standard InChI is InChI=1S/C23H19ClF3N3O5/c1-35-19(31)13-5-4-6-14(11-13)22(24)10-9-17(18(12-22)30-21(33)34)29-20(32)28-16-8-3-2-7-15(16)23(25,26)27/h2-11,30H,12H2,1H3,(H,33,34)(H2,28,29,32). The number of urea groups is 1. The fraction of sp³-hybridized carbons (Fsp3) is 0.174. The van der Waals surface area contributed by atoms with Crippen LogP contribution in [-0.2, 0) is 15.8 Å². The molecule has 4 N–H and O–H groups in total. The molecule has 1 aliphatic rings. The molecule has 1 aliphatic carbocycles. The summed E-state index contributed by atoms with van der Waals surface area (Å²) in [7, 11) is 1.22. The van der Waals surface area contributed by atoms with Crippen molar-refractivity contribution in [3.05, 3.63) is 88.8 Å². The predicted molar refractivity (Wildman–Crippen MR) is 121 cm³/mol. The van der Waals surface area contributed by atoms with E-state index in [0.717, 1.165) is 12.1 Å². The number of anilines is 1. The molecular formula is C23H19ClF3N3O5. The van der Waals surface area contributed by atoms with Gasteiger partial charge < -0.3 is 20.5 Å². The Hall–Kier alpha value is -3.99. The summed E-state index contributed by atoms with van der Waals surface area (Å²) >= 11 is 6.74. The fourth-order valence-corrected chi connectivity index (χ4v) is 3.74. The number of amides is 3. The van der Waals surface area contributed by atoms with Gasteiger partial charge in [0.25, 0.3) is 0 Å². The van der Waals surface area contributed by atoms with Crippen LogP contribution in [0, 0.1) is 0 Å².